The summed E-state index contributed by atoms with van der Waals surface area (Å²) in [6.45, 7) is 4.07. The van der Waals surface area contributed by atoms with Gasteiger partial charge in [-0.2, -0.15) is 0 Å². The SMILES string of the molecule is CC(=O)NC[C@H]1CN(c2ccc3c(c2)CC[C@@H](C)C3=O)C(=O)O1. The third-order valence-electron chi connectivity index (χ3n) is 4.41. The molecule has 0 aromatic heterocycles. The molecule has 0 saturated carbocycles. The molecule has 1 aliphatic heterocycles. The van der Waals surface area contributed by atoms with Crippen molar-refractivity contribution in [2.75, 3.05) is 18.0 Å². The summed E-state index contributed by atoms with van der Waals surface area (Å²) in [6.07, 6.45) is 0.902. The quantitative estimate of drug-likeness (QED) is 0.924. The van der Waals surface area contributed by atoms with Gasteiger partial charge in [0.25, 0.3) is 0 Å². The van der Waals surface area contributed by atoms with E-state index in [1.54, 1.807) is 17.0 Å². The van der Waals surface area contributed by atoms with Crippen LogP contribution in [0.4, 0.5) is 10.5 Å². The number of benzene rings is 1. The number of nitrogens with zero attached hydrogens (tertiary/aromatic N) is 1. The van der Waals surface area contributed by atoms with Crippen LogP contribution in [0, 0.1) is 5.92 Å². The van der Waals surface area contributed by atoms with Crippen molar-refractivity contribution in [3.63, 3.8) is 0 Å². The van der Waals surface area contributed by atoms with Gasteiger partial charge in [0.2, 0.25) is 5.91 Å². The Balaban J connectivity index is 1.76. The van der Waals surface area contributed by atoms with Crippen molar-refractivity contribution >= 4 is 23.5 Å². The van der Waals surface area contributed by atoms with Crippen molar-refractivity contribution in [2.24, 2.45) is 5.92 Å². The van der Waals surface area contributed by atoms with Crippen LogP contribution in [0.2, 0.25) is 0 Å². The first kappa shape index (κ1) is 15.5. The number of carbonyl (C=O) groups excluding carboxylic acids is 3. The first-order valence-corrected chi connectivity index (χ1v) is 7.85. The van der Waals surface area contributed by atoms with E-state index in [2.05, 4.69) is 5.32 Å². The van der Waals surface area contributed by atoms with Crippen molar-refractivity contribution in [2.45, 2.75) is 32.8 Å². The molecule has 2 amide bonds. The van der Waals surface area contributed by atoms with Gasteiger partial charge in [-0.05, 0) is 36.6 Å². The van der Waals surface area contributed by atoms with Gasteiger partial charge in [0, 0.05) is 24.1 Å². The van der Waals surface area contributed by atoms with Gasteiger partial charge in [-0.15, -0.1) is 0 Å². The number of Topliss-reactive ketones (excluding diaryl/α,β-unsaturated/α-hetero) is 1. The Morgan fingerprint density at radius 1 is 1.39 bits per heavy atom. The van der Waals surface area contributed by atoms with Crippen molar-refractivity contribution in [1.82, 2.24) is 5.32 Å². The molecule has 1 aromatic rings. The maximum absolute atomic E-state index is 12.2. The van der Waals surface area contributed by atoms with Crippen LogP contribution >= 0.6 is 0 Å². The molecular formula is C17H20N2O4. The smallest absolute Gasteiger partial charge is 0.414 e. The van der Waals surface area contributed by atoms with Crippen LogP contribution in [0.5, 0.6) is 0 Å². The van der Waals surface area contributed by atoms with E-state index in [1.807, 2.05) is 13.0 Å². The second-order valence-corrected chi connectivity index (χ2v) is 6.20. The zero-order chi connectivity index (χ0) is 16.6. The third-order valence-corrected chi connectivity index (χ3v) is 4.41. The van der Waals surface area contributed by atoms with E-state index in [9.17, 15) is 14.4 Å². The fourth-order valence-electron chi connectivity index (χ4n) is 3.06. The number of cyclic esters (lactones) is 1. The van der Waals surface area contributed by atoms with Crippen molar-refractivity contribution in [3.05, 3.63) is 29.3 Å². The number of amides is 2. The number of aryl methyl sites for hydroxylation is 1. The minimum atomic E-state index is -0.421. The van der Waals surface area contributed by atoms with Crippen molar-refractivity contribution < 1.29 is 19.1 Å². The summed E-state index contributed by atoms with van der Waals surface area (Å²) in [7, 11) is 0. The van der Waals surface area contributed by atoms with Gasteiger partial charge in [0.15, 0.2) is 5.78 Å². The molecule has 0 unspecified atom stereocenters. The first-order valence-electron chi connectivity index (χ1n) is 7.85. The topological polar surface area (TPSA) is 75.7 Å². The molecule has 0 spiro atoms. The summed E-state index contributed by atoms with van der Waals surface area (Å²) in [5.41, 5.74) is 2.49. The van der Waals surface area contributed by atoms with E-state index in [0.717, 1.165) is 29.7 Å². The Bertz CT molecular complexity index is 671. The second-order valence-electron chi connectivity index (χ2n) is 6.20. The van der Waals surface area contributed by atoms with Crippen LogP contribution in [-0.4, -0.2) is 37.0 Å². The minimum absolute atomic E-state index is 0.0622. The van der Waals surface area contributed by atoms with Gasteiger partial charge in [-0.3, -0.25) is 14.5 Å². The fraction of sp³-hybridized carbons (Fsp3) is 0.471. The molecular weight excluding hydrogens is 296 g/mol. The molecule has 1 saturated heterocycles. The number of carbonyl (C=O) groups is 3. The van der Waals surface area contributed by atoms with Crippen LogP contribution in [0.3, 0.4) is 0 Å². The number of nitrogens with one attached hydrogen (secondary N) is 1. The summed E-state index contributed by atoms with van der Waals surface area (Å²) in [6, 6.07) is 5.50. The van der Waals surface area contributed by atoms with E-state index in [0.29, 0.717) is 13.1 Å². The summed E-state index contributed by atoms with van der Waals surface area (Å²) in [4.78, 5) is 36.7. The van der Waals surface area contributed by atoms with E-state index >= 15 is 0 Å². The fourth-order valence-corrected chi connectivity index (χ4v) is 3.06. The average molecular weight is 316 g/mol. The molecule has 1 aromatic carbocycles. The van der Waals surface area contributed by atoms with Gasteiger partial charge in [-0.1, -0.05) is 6.92 Å². The average Bonchev–Trinajstić information content (AvgIpc) is 2.90. The molecule has 6 nitrogen and oxygen atoms in total. The first-order chi connectivity index (χ1) is 11.0. The Kier molecular flexibility index (Phi) is 4.07. The highest BCUT2D eigenvalue weighted by atomic mass is 16.6. The van der Waals surface area contributed by atoms with E-state index in [-0.39, 0.29) is 23.7 Å². The zero-order valence-electron chi connectivity index (χ0n) is 13.3. The summed E-state index contributed by atoms with van der Waals surface area (Å²) in [5.74, 6) is 0.0818. The lowest BCUT2D eigenvalue weighted by molar-refractivity contribution is -0.119. The molecule has 3 rings (SSSR count). The number of rotatable bonds is 3. The Morgan fingerprint density at radius 3 is 2.91 bits per heavy atom. The van der Waals surface area contributed by atoms with Gasteiger partial charge >= 0.3 is 6.09 Å². The molecule has 23 heavy (non-hydrogen) atoms. The van der Waals surface area contributed by atoms with Crippen LogP contribution in [0.15, 0.2) is 18.2 Å². The lowest BCUT2D eigenvalue weighted by Crippen LogP contribution is -2.33. The van der Waals surface area contributed by atoms with Crippen molar-refractivity contribution in [1.29, 1.82) is 0 Å². The molecule has 122 valence electrons. The molecule has 0 radical (unpaired) electrons. The number of hydrogen-bond acceptors (Lipinski definition) is 4. The molecule has 1 heterocycles. The standard InChI is InChI=1S/C17H20N2O4/c1-10-3-4-12-7-13(5-6-15(12)16(10)21)19-9-14(23-17(19)22)8-18-11(2)20/h5-7,10,14H,3-4,8-9H2,1-2H3,(H,18,20)/t10-,14+/m1/s1. The molecule has 2 atom stereocenters. The summed E-state index contributed by atoms with van der Waals surface area (Å²) in [5, 5.41) is 2.65. The lowest BCUT2D eigenvalue weighted by Gasteiger charge is -2.22. The third kappa shape index (κ3) is 3.06. The van der Waals surface area contributed by atoms with Crippen molar-refractivity contribution in [3.8, 4) is 0 Å². The van der Waals surface area contributed by atoms with E-state index in [1.165, 1.54) is 6.92 Å². The van der Waals surface area contributed by atoms with Gasteiger partial charge in [-0.25, -0.2) is 4.79 Å². The predicted octanol–water partition coefficient (Wildman–Crippen LogP) is 1.91. The monoisotopic (exact) mass is 316 g/mol. The molecule has 6 heteroatoms. The number of hydrogen-bond donors (Lipinski definition) is 1. The normalized spacial score (nSPS) is 23.5. The molecule has 1 fully saturated rings. The van der Waals surface area contributed by atoms with Crippen LogP contribution in [0.25, 0.3) is 0 Å². The van der Waals surface area contributed by atoms with Gasteiger partial charge in [0.05, 0.1) is 13.1 Å². The summed E-state index contributed by atoms with van der Waals surface area (Å²) >= 11 is 0. The number of fused-ring (bicyclic) bond motifs is 1. The molecule has 1 aliphatic carbocycles. The largest absolute Gasteiger partial charge is 0.442 e. The Labute approximate surface area is 134 Å². The second kappa shape index (κ2) is 6.02. The number of ether oxygens (including phenoxy) is 1. The highest BCUT2D eigenvalue weighted by Gasteiger charge is 2.33. The summed E-state index contributed by atoms with van der Waals surface area (Å²) < 4.78 is 5.27. The zero-order valence-corrected chi connectivity index (χ0v) is 13.3. The van der Waals surface area contributed by atoms with Crippen LogP contribution < -0.4 is 10.2 Å². The van der Waals surface area contributed by atoms with E-state index in [4.69, 9.17) is 4.74 Å². The van der Waals surface area contributed by atoms with Crippen LogP contribution in [-0.2, 0) is 16.0 Å². The number of anilines is 1. The highest BCUT2D eigenvalue weighted by molar-refractivity contribution is 6.01. The Morgan fingerprint density at radius 2 is 2.17 bits per heavy atom. The molecule has 2 aliphatic rings. The number of ketones is 1. The van der Waals surface area contributed by atoms with Gasteiger partial charge in [0.1, 0.15) is 6.10 Å². The molecule has 0 bridgehead atoms. The maximum Gasteiger partial charge on any atom is 0.414 e. The minimum Gasteiger partial charge on any atom is -0.442 e. The van der Waals surface area contributed by atoms with Crippen LogP contribution in [0.1, 0.15) is 36.2 Å². The van der Waals surface area contributed by atoms with E-state index < -0.39 is 6.09 Å². The molecule has 1 N–H and O–H groups in total. The highest BCUT2D eigenvalue weighted by Crippen LogP contribution is 2.30. The van der Waals surface area contributed by atoms with Gasteiger partial charge < -0.3 is 10.1 Å². The Hall–Kier alpha value is -2.37. The lowest BCUT2D eigenvalue weighted by atomic mass is 9.83. The maximum atomic E-state index is 12.2. The predicted molar refractivity (Wildman–Crippen MR) is 84.6 cm³/mol.